The van der Waals surface area contributed by atoms with Crippen molar-refractivity contribution in [2.75, 3.05) is 30.7 Å². The predicted molar refractivity (Wildman–Crippen MR) is 74.7 cm³/mol. The van der Waals surface area contributed by atoms with Gasteiger partial charge in [-0.2, -0.15) is 13.2 Å². The van der Waals surface area contributed by atoms with E-state index in [-0.39, 0.29) is 23.8 Å². The quantitative estimate of drug-likeness (QED) is 0.844. The van der Waals surface area contributed by atoms with E-state index in [4.69, 9.17) is 5.73 Å². The van der Waals surface area contributed by atoms with E-state index in [1.54, 1.807) is 0 Å². The van der Waals surface area contributed by atoms with Gasteiger partial charge in [0, 0.05) is 17.9 Å². The first-order valence-corrected chi connectivity index (χ1v) is 6.74. The minimum Gasteiger partial charge on any atom is -0.398 e. The monoisotopic (exact) mass is 301 g/mol. The molecule has 1 heterocycles. The normalized spacial score (nSPS) is 19.7. The Morgan fingerprint density at radius 3 is 2.76 bits per heavy atom. The van der Waals surface area contributed by atoms with Gasteiger partial charge in [-0.1, -0.05) is 6.92 Å². The summed E-state index contributed by atoms with van der Waals surface area (Å²) in [6.45, 7) is 3.97. The largest absolute Gasteiger partial charge is 0.418 e. The summed E-state index contributed by atoms with van der Waals surface area (Å²) in [6.07, 6.45) is -3.50. The second-order valence-electron chi connectivity index (χ2n) is 5.48. The first kappa shape index (κ1) is 15.6. The first-order chi connectivity index (χ1) is 9.75. The fourth-order valence-electron chi connectivity index (χ4n) is 2.45. The topological polar surface area (TPSA) is 58.4 Å². The van der Waals surface area contributed by atoms with Crippen LogP contribution in [0.2, 0.25) is 0 Å². The summed E-state index contributed by atoms with van der Waals surface area (Å²) in [7, 11) is 0. The lowest BCUT2D eigenvalue weighted by Crippen LogP contribution is -2.31. The van der Waals surface area contributed by atoms with Crippen molar-refractivity contribution in [3.63, 3.8) is 0 Å². The lowest BCUT2D eigenvalue weighted by atomic mass is 10.1. The van der Waals surface area contributed by atoms with Crippen molar-refractivity contribution in [1.82, 2.24) is 4.90 Å². The van der Waals surface area contributed by atoms with E-state index in [9.17, 15) is 18.0 Å². The number of hydrogen-bond acceptors (Lipinski definition) is 3. The lowest BCUT2D eigenvalue weighted by molar-refractivity contribution is -0.136. The number of carbonyl (C=O) groups is 1. The maximum absolute atomic E-state index is 12.7. The molecule has 1 aliphatic rings. The molecule has 1 aliphatic heterocycles. The predicted octanol–water partition coefficient (Wildman–Crippen LogP) is 2.57. The second kappa shape index (κ2) is 5.93. The van der Waals surface area contributed by atoms with Crippen molar-refractivity contribution in [1.29, 1.82) is 0 Å². The van der Waals surface area contributed by atoms with E-state index in [1.165, 1.54) is 6.07 Å². The summed E-state index contributed by atoms with van der Waals surface area (Å²) in [5, 5.41) is 2.49. The number of nitrogens with zero attached hydrogens (tertiary/aromatic N) is 1. The Morgan fingerprint density at radius 1 is 1.48 bits per heavy atom. The number of nitrogen functional groups attached to an aromatic ring is 1. The van der Waals surface area contributed by atoms with Crippen LogP contribution in [-0.4, -0.2) is 30.4 Å². The summed E-state index contributed by atoms with van der Waals surface area (Å²) >= 11 is 0. The summed E-state index contributed by atoms with van der Waals surface area (Å²) in [6, 6.07) is 3.38. The molecule has 0 aromatic heterocycles. The Kier molecular flexibility index (Phi) is 4.41. The molecule has 1 amide bonds. The van der Waals surface area contributed by atoms with Crippen LogP contribution in [0.1, 0.15) is 18.9 Å². The molecule has 7 heteroatoms. The third-order valence-corrected chi connectivity index (χ3v) is 3.52. The molecule has 0 aliphatic carbocycles. The molecule has 1 saturated heterocycles. The standard InChI is InChI=1S/C14H18F3N3O/c1-9-4-5-20(7-9)8-13(21)19-10-2-3-12(18)11(6-10)14(15,16)17/h2-3,6,9H,4-5,7-8,18H2,1H3,(H,19,21). The molecule has 1 aromatic carbocycles. The van der Waals surface area contributed by atoms with Crippen LogP contribution in [0.5, 0.6) is 0 Å². The molecule has 1 aromatic rings. The Labute approximate surface area is 121 Å². The zero-order chi connectivity index (χ0) is 15.6. The molecule has 116 valence electrons. The SMILES string of the molecule is CC1CCN(CC(=O)Nc2ccc(N)c(C(F)(F)F)c2)C1. The highest BCUT2D eigenvalue weighted by Gasteiger charge is 2.33. The van der Waals surface area contributed by atoms with Gasteiger partial charge >= 0.3 is 6.18 Å². The minimum atomic E-state index is -4.53. The lowest BCUT2D eigenvalue weighted by Gasteiger charge is -2.16. The molecule has 0 bridgehead atoms. The molecular weight excluding hydrogens is 283 g/mol. The summed E-state index contributed by atoms with van der Waals surface area (Å²) in [4.78, 5) is 13.8. The molecule has 0 spiro atoms. The molecule has 1 unspecified atom stereocenters. The average Bonchev–Trinajstić information content (AvgIpc) is 2.75. The van der Waals surface area contributed by atoms with E-state index < -0.39 is 11.7 Å². The van der Waals surface area contributed by atoms with Crippen LogP contribution in [0.15, 0.2) is 18.2 Å². The van der Waals surface area contributed by atoms with Crippen molar-refractivity contribution < 1.29 is 18.0 Å². The van der Waals surface area contributed by atoms with Crippen LogP contribution in [0, 0.1) is 5.92 Å². The second-order valence-corrected chi connectivity index (χ2v) is 5.48. The van der Waals surface area contributed by atoms with Crippen LogP contribution in [0.4, 0.5) is 24.5 Å². The van der Waals surface area contributed by atoms with Gasteiger partial charge in [0.1, 0.15) is 0 Å². The molecular formula is C14H18F3N3O. The fourth-order valence-corrected chi connectivity index (χ4v) is 2.45. The average molecular weight is 301 g/mol. The molecule has 1 atom stereocenters. The number of benzene rings is 1. The number of rotatable bonds is 3. The van der Waals surface area contributed by atoms with Crippen molar-refractivity contribution in [2.24, 2.45) is 5.92 Å². The van der Waals surface area contributed by atoms with E-state index in [0.717, 1.165) is 31.6 Å². The molecule has 0 radical (unpaired) electrons. The highest BCUT2D eigenvalue weighted by atomic mass is 19.4. The van der Waals surface area contributed by atoms with Crippen LogP contribution < -0.4 is 11.1 Å². The number of alkyl halides is 3. The number of halogens is 3. The minimum absolute atomic E-state index is 0.105. The number of hydrogen-bond donors (Lipinski definition) is 2. The molecule has 3 N–H and O–H groups in total. The maximum Gasteiger partial charge on any atom is 0.418 e. The van der Waals surface area contributed by atoms with Crippen LogP contribution in [-0.2, 0) is 11.0 Å². The van der Waals surface area contributed by atoms with Crippen molar-refractivity contribution in [3.05, 3.63) is 23.8 Å². The van der Waals surface area contributed by atoms with Gasteiger partial charge in [0.2, 0.25) is 5.91 Å². The molecule has 21 heavy (non-hydrogen) atoms. The maximum atomic E-state index is 12.7. The van der Waals surface area contributed by atoms with Crippen LogP contribution in [0.25, 0.3) is 0 Å². The molecule has 4 nitrogen and oxygen atoms in total. The van der Waals surface area contributed by atoms with Gasteiger partial charge in [0.25, 0.3) is 0 Å². The fraction of sp³-hybridized carbons (Fsp3) is 0.500. The zero-order valence-corrected chi connectivity index (χ0v) is 11.7. The van der Waals surface area contributed by atoms with Gasteiger partial charge in [-0.25, -0.2) is 0 Å². The number of carbonyl (C=O) groups excluding carboxylic acids is 1. The number of likely N-dealkylation sites (tertiary alicyclic amines) is 1. The number of nitrogens with one attached hydrogen (secondary N) is 1. The van der Waals surface area contributed by atoms with Gasteiger partial charge in [0.15, 0.2) is 0 Å². The van der Waals surface area contributed by atoms with E-state index in [2.05, 4.69) is 12.2 Å². The molecule has 1 fully saturated rings. The van der Waals surface area contributed by atoms with Gasteiger partial charge in [0.05, 0.1) is 12.1 Å². The summed E-state index contributed by atoms with van der Waals surface area (Å²) < 4.78 is 38.2. The van der Waals surface area contributed by atoms with Crippen molar-refractivity contribution >= 4 is 17.3 Å². The molecule has 2 rings (SSSR count). The van der Waals surface area contributed by atoms with E-state index in [0.29, 0.717) is 5.92 Å². The smallest absolute Gasteiger partial charge is 0.398 e. The van der Waals surface area contributed by atoms with Gasteiger partial charge < -0.3 is 11.1 Å². The highest BCUT2D eigenvalue weighted by Crippen LogP contribution is 2.35. The number of nitrogens with two attached hydrogens (primary N) is 1. The van der Waals surface area contributed by atoms with Gasteiger partial charge in [-0.15, -0.1) is 0 Å². The third kappa shape index (κ3) is 4.10. The van der Waals surface area contributed by atoms with Crippen LogP contribution in [0.3, 0.4) is 0 Å². The zero-order valence-electron chi connectivity index (χ0n) is 11.7. The third-order valence-electron chi connectivity index (χ3n) is 3.52. The van der Waals surface area contributed by atoms with Crippen LogP contribution >= 0.6 is 0 Å². The first-order valence-electron chi connectivity index (χ1n) is 6.74. The number of anilines is 2. The number of amides is 1. The van der Waals surface area contributed by atoms with E-state index in [1.807, 2.05) is 4.90 Å². The Hall–Kier alpha value is -1.76. The van der Waals surface area contributed by atoms with Crippen molar-refractivity contribution in [3.8, 4) is 0 Å². The molecule has 0 saturated carbocycles. The van der Waals surface area contributed by atoms with Crippen molar-refractivity contribution in [2.45, 2.75) is 19.5 Å². The Morgan fingerprint density at radius 2 is 2.19 bits per heavy atom. The highest BCUT2D eigenvalue weighted by molar-refractivity contribution is 5.92. The van der Waals surface area contributed by atoms with Gasteiger partial charge in [-0.05, 0) is 37.1 Å². The van der Waals surface area contributed by atoms with Gasteiger partial charge in [-0.3, -0.25) is 9.69 Å². The summed E-state index contributed by atoms with van der Waals surface area (Å²) in [5.41, 5.74) is 4.13. The van der Waals surface area contributed by atoms with E-state index >= 15 is 0 Å². The Bertz CT molecular complexity index is 531. The summed E-state index contributed by atoms with van der Waals surface area (Å²) in [5.74, 6) is 0.230. The Balaban J connectivity index is 2.01.